The first-order valence-corrected chi connectivity index (χ1v) is 9.21. The fourth-order valence-corrected chi connectivity index (χ4v) is 7.63. The van der Waals surface area contributed by atoms with Gasteiger partial charge in [0.05, 0.1) is 1.43 Å². The van der Waals surface area contributed by atoms with E-state index in [2.05, 4.69) is 75.5 Å². The molecular weight excluding hydrogens is 446 g/mol. The van der Waals surface area contributed by atoms with Crippen molar-refractivity contribution in [3.05, 3.63) is 35.9 Å². The lowest BCUT2D eigenvalue weighted by atomic mass is 9.48. The summed E-state index contributed by atoms with van der Waals surface area (Å²) in [5.74, 6) is 2.98. The Bertz CT molecular complexity index is 451. The second-order valence-electron chi connectivity index (χ2n) is 6.62. The van der Waals surface area contributed by atoms with Crippen molar-refractivity contribution in [1.29, 1.82) is 0 Å². The average Bonchev–Trinajstić information content (AvgIpc) is 2.36. The van der Waals surface area contributed by atoms with Gasteiger partial charge in [0.1, 0.15) is 0 Å². The van der Waals surface area contributed by atoms with Crippen LogP contribution < -0.4 is 0 Å². The van der Waals surface area contributed by atoms with Crippen molar-refractivity contribution in [2.24, 2.45) is 17.8 Å². The molecule has 0 radical (unpaired) electrons. The summed E-state index contributed by atoms with van der Waals surface area (Å²) < 4.78 is 0.442. The maximum absolute atomic E-state index is 2.80. The number of rotatable bonds is 1. The van der Waals surface area contributed by atoms with E-state index in [1.54, 1.807) is 5.56 Å². The minimum atomic E-state index is 0.442. The summed E-state index contributed by atoms with van der Waals surface area (Å²) in [6.07, 6.45) is 7.40. The highest BCUT2D eigenvalue weighted by molar-refractivity contribution is 14.2. The summed E-state index contributed by atoms with van der Waals surface area (Å²) >= 11 is 5.61. The normalized spacial score (nSPS) is 44.2. The fraction of sp³-hybridized carbons (Fsp3) is 0.625. The van der Waals surface area contributed by atoms with E-state index in [1.807, 2.05) is 0 Å². The fourth-order valence-electron chi connectivity index (χ4n) is 5.11. The highest BCUT2D eigenvalue weighted by Crippen LogP contribution is 2.70. The Hall–Kier alpha value is 0.680. The van der Waals surface area contributed by atoms with Gasteiger partial charge in [0.15, 0.2) is 0 Å². The van der Waals surface area contributed by atoms with Crippen LogP contribution >= 0.6 is 45.2 Å². The number of hydrogen-bond donors (Lipinski definition) is 0. The van der Waals surface area contributed by atoms with Gasteiger partial charge < -0.3 is 0 Å². The molecule has 2 heteroatoms. The molecule has 0 aliphatic heterocycles. The smallest absolute Gasteiger partial charge is 0.0659 e. The molecule has 0 nitrogen and oxygen atoms in total. The summed E-state index contributed by atoms with van der Waals surface area (Å²) in [5.41, 5.74) is 2.08. The van der Waals surface area contributed by atoms with Crippen molar-refractivity contribution in [2.75, 3.05) is 0 Å². The van der Waals surface area contributed by atoms with E-state index >= 15 is 0 Å². The van der Waals surface area contributed by atoms with E-state index in [-0.39, 0.29) is 0 Å². The summed E-state index contributed by atoms with van der Waals surface area (Å²) in [7, 11) is 0. The molecular formula is C16H18I2. The summed E-state index contributed by atoms with van der Waals surface area (Å²) in [6.45, 7) is 0. The van der Waals surface area contributed by atoms with Gasteiger partial charge in [-0.15, -0.1) is 0 Å². The van der Waals surface area contributed by atoms with Crippen LogP contribution in [-0.4, -0.2) is 1.43 Å². The quantitative estimate of drug-likeness (QED) is 0.390. The van der Waals surface area contributed by atoms with Crippen LogP contribution in [0.4, 0.5) is 0 Å². The van der Waals surface area contributed by atoms with Gasteiger partial charge in [0.25, 0.3) is 0 Å². The molecule has 18 heavy (non-hydrogen) atoms. The van der Waals surface area contributed by atoms with Crippen LogP contribution in [0.25, 0.3) is 0 Å². The molecule has 1 aromatic carbocycles. The third-order valence-corrected chi connectivity index (χ3v) is 9.48. The predicted molar refractivity (Wildman–Crippen MR) is 92.4 cm³/mol. The molecule has 4 fully saturated rings. The topological polar surface area (TPSA) is 0 Å². The number of halogens is 2. The second kappa shape index (κ2) is 4.09. The molecule has 0 saturated heterocycles. The highest BCUT2D eigenvalue weighted by atomic mass is 127. The standard InChI is InChI=1S/C16H18I2/c17-16(18)14-7-11-6-12(8-14)10-15(16,9-11)13-4-2-1-3-5-13/h1-5,11-12,14H,6-10H2. The Morgan fingerprint density at radius 2 is 1.50 bits per heavy atom. The first kappa shape index (κ1) is 12.4. The van der Waals surface area contributed by atoms with Crippen LogP contribution in [0.15, 0.2) is 30.3 Å². The third kappa shape index (κ3) is 1.54. The van der Waals surface area contributed by atoms with E-state index in [0.717, 1.165) is 17.8 Å². The maximum atomic E-state index is 2.80. The van der Waals surface area contributed by atoms with Crippen LogP contribution in [0.2, 0.25) is 0 Å². The van der Waals surface area contributed by atoms with Gasteiger partial charge >= 0.3 is 0 Å². The minimum Gasteiger partial charge on any atom is -0.0659 e. The van der Waals surface area contributed by atoms with Gasteiger partial charge in [0, 0.05) is 5.41 Å². The Kier molecular flexibility index (Phi) is 2.82. The molecule has 0 heterocycles. The number of benzene rings is 1. The molecule has 2 atom stereocenters. The first-order valence-electron chi connectivity index (χ1n) is 7.05. The SMILES string of the molecule is IC1(I)C2CC3CC(C2)CC1(c1ccccc1)C3. The molecule has 4 aliphatic rings. The zero-order valence-electron chi connectivity index (χ0n) is 10.4. The average molecular weight is 464 g/mol. The lowest BCUT2D eigenvalue weighted by molar-refractivity contribution is 0.00176. The first-order chi connectivity index (χ1) is 8.62. The minimum absolute atomic E-state index is 0.442. The van der Waals surface area contributed by atoms with Gasteiger partial charge in [-0.05, 0) is 55.4 Å². The largest absolute Gasteiger partial charge is 0.0858 e. The van der Waals surface area contributed by atoms with Crippen molar-refractivity contribution in [3.63, 3.8) is 0 Å². The molecule has 0 spiro atoms. The monoisotopic (exact) mass is 464 g/mol. The number of alkyl halides is 2. The molecule has 1 aromatic rings. The molecule has 4 aliphatic carbocycles. The highest BCUT2D eigenvalue weighted by Gasteiger charge is 2.63. The summed E-state index contributed by atoms with van der Waals surface area (Å²) in [6, 6.07) is 11.4. The Morgan fingerprint density at radius 3 is 2.11 bits per heavy atom. The van der Waals surface area contributed by atoms with E-state index in [4.69, 9.17) is 0 Å². The molecule has 96 valence electrons. The van der Waals surface area contributed by atoms with Gasteiger partial charge in [-0.25, -0.2) is 0 Å². The predicted octanol–water partition coefficient (Wildman–Crippen LogP) is 5.33. The van der Waals surface area contributed by atoms with Crippen molar-refractivity contribution in [1.82, 2.24) is 0 Å². The lowest BCUT2D eigenvalue weighted by Crippen LogP contribution is -2.60. The molecule has 5 rings (SSSR count). The van der Waals surface area contributed by atoms with Crippen molar-refractivity contribution >= 4 is 45.2 Å². The zero-order chi connectivity index (χ0) is 12.4. The summed E-state index contributed by atoms with van der Waals surface area (Å²) in [4.78, 5) is 0. The molecule has 0 aromatic heterocycles. The zero-order valence-corrected chi connectivity index (χ0v) is 14.7. The van der Waals surface area contributed by atoms with Crippen molar-refractivity contribution < 1.29 is 0 Å². The van der Waals surface area contributed by atoms with Crippen LogP contribution in [0.5, 0.6) is 0 Å². The van der Waals surface area contributed by atoms with Crippen molar-refractivity contribution in [3.8, 4) is 0 Å². The maximum Gasteiger partial charge on any atom is 0.0858 e. The molecule has 2 unspecified atom stereocenters. The van der Waals surface area contributed by atoms with Crippen LogP contribution in [0.1, 0.15) is 37.7 Å². The van der Waals surface area contributed by atoms with E-state index in [0.29, 0.717) is 6.84 Å². The Balaban J connectivity index is 1.87. The summed E-state index contributed by atoms with van der Waals surface area (Å²) in [5, 5.41) is 0. The van der Waals surface area contributed by atoms with E-state index in [9.17, 15) is 0 Å². The van der Waals surface area contributed by atoms with Crippen LogP contribution in [0.3, 0.4) is 0 Å². The van der Waals surface area contributed by atoms with Crippen LogP contribution in [-0.2, 0) is 5.41 Å². The molecule has 4 bridgehead atoms. The second-order valence-corrected chi connectivity index (χ2v) is 12.1. The van der Waals surface area contributed by atoms with Crippen molar-refractivity contribution in [2.45, 2.75) is 38.9 Å². The third-order valence-electron chi connectivity index (χ3n) is 5.65. The molecule has 0 amide bonds. The molecule has 4 saturated carbocycles. The van der Waals surface area contributed by atoms with E-state index in [1.165, 1.54) is 32.1 Å². The van der Waals surface area contributed by atoms with E-state index < -0.39 is 0 Å². The lowest BCUT2D eigenvalue weighted by Gasteiger charge is -2.64. The van der Waals surface area contributed by atoms with Gasteiger partial charge in [-0.2, -0.15) is 0 Å². The van der Waals surface area contributed by atoms with Gasteiger partial charge in [-0.1, -0.05) is 75.5 Å². The Morgan fingerprint density at radius 1 is 0.889 bits per heavy atom. The van der Waals surface area contributed by atoms with Gasteiger partial charge in [0.2, 0.25) is 0 Å². The number of hydrogen-bond acceptors (Lipinski definition) is 0. The Labute approximate surface area is 137 Å². The van der Waals surface area contributed by atoms with Crippen LogP contribution in [0, 0.1) is 17.8 Å². The molecule has 0 N–H and O–H groups in total. The van der Waals surface area contributed by atoms with Gasteiger partial charge in [-0.3, -0.25) is 0 Å².